The Morgan fingerprint density at radius 3 is 2.48 bits per heavy atom. The minimum Gasteiger partial charge on any atom is -0.489 e. The van der Waals surface area contributed by atoms with Gasteiger partial charge in [0.15, 0.2) is 11.5 Å². The molecule has 0 unspecified atom stereocenters. The van der Waals surface area contributed by atoms with E-state index in [-0.39, 0.29) is 19.0 Å². The minimum absolute atomic E-state index is 0.100. The Morgan fingerprint density at radius 2 is 1.83 bits per heavy atom. The minimum atomic E-state index is -0.456. The summed E-state index contributed by atoms with van der Waals surface area (Å²) in [6.45, 7) is 7.57. The Morgan fingerprint density at radius 1 is 1.13 bits per heavy atom. The van der Waals surface area contributed by atoms with Crippen LogP contribution < -0.4 is 14.2 Å². The van der Waals surface area contributed by atoms with E-state index in [1.54, 1.807) is 26.0 Å². The van der Waals surface area contributed by atoms with Crippen LogP contribution in [0.3, 0.4) is 0 Å². The third-order valence-electron chi connectivity index (χ3n) is 3.23. The highest BCUT2D eigenvalue weighted by atomic mass is 16.7. The van der Waals surface area contributed by atoms with Crippen molar-refractivity contribution in [3.8, 4) is 17.2 Å². The van der Waals surface area contributed by atoms with E-state index in [1.165, 1.54) is 6.20 Å². The standard InChI is InChI=1S/C17H19NO5/c1-9(2)22-16-11-5-14-15(21-8-20-14)6-13(11)18-7-12(16)17(19)23-10(3)4/h5-7,9-10H,8H2,1-4H3. The van der Waals surface area contributed by atoms with E-state index in [1.807, 2.05) is 13.8 Å². The van der Waals surface area contributed by atoms with Gasteiger partial charge in [-0.05, 0) is 33.8 Å². The maximum Gasteiger partial charge on any atom is 0.343 e. The number of pyridine rings is 1. The van der Waals surface area contributed by atoms with Gasteiger partial charge in [-0.25, -0.2) is 4.79 Å². The molecule has 0 amide bonds. The van der Waals surface area contributed by atoms with E-state index in [2.05, 4.69) is 4.98 Å². The topological polar surface area (TPSA) is 66.9 Å². The number of carbonyl (C=O) groups excluding carboxylic acids is 1. The first-order valence-corrected chi connectivity index (χ1v) is 7.55. The van der Waals surface area contributed by atoms with Gasteiger partial charge in [0, 0.05) is 17.6 Å². The molecule has 2 aromatic rings. The van der Waals surface area contributed by atoms with Gasteiger partial charge in [-0.1, -0.05) is 0 Å². The zero-order chi connectivity index (χ0) is 16.6. The molecular weight excluding hydrogens is 298 g/mol. The van der Waals surface area contributed by atoms with Gasteiger partial charge in [0.05, 0.1) is 17.7 Å². The molecule has 0 aliphatic carbocycles. The Balaban J connectivity index is 2.16. The zero-order valence-electron chi connectivity index (χ0n) is 13.6. The fourth-order valence-electron chi connectivity index (χ4n) is 2.34. The quantitative estimate of drug-likeness (QED) is 0.806. The smallest absolute Gasteiger partial charge is 0.343 e. The molecule has 0 spiro atoms. The van der Waals surface area contributed by atoms with Crippen LogP contribution in [0.2, 0.25) is 0 Å². The summed E-state index contributed by atoms with van der Waals surface area (Å²) in [4.78, 5) is 16.7. The summed E-state index contributed by atoms with van der Waals surface area (Å²) < 4.78 is 21.9. The molecule has 23 heavy (non-hydrogen) atoms. The molecular formula is C17H19NO5. The molecule has 0 N–H and O–H groups in total. The lowest BCUT2D eigenvalue weighted by molar-refractivity contribution is 0.0372. The highest BCUT2D eigenvalue weighted by Crippen LogP contribution is 2.40. The van der Waals surface area contributed by atoms with Crippen molar-refractivity contribution in [2.75, 3.05) is 6.79 Å². The molecule has 1 aliphatic heterocycles. The summed E-state index contributed by atoms with van der Waals surface area (Å²) in [5.74, 6) is 1.25. The summed E-state index contributed by atoms with van der Waals surface area (Å²) >= 11 is 0. The van der Waals surface area contributed by atoms with Crippen LogP contribution in [0.15, 0.2) is 18.3 Å². The summed E-state index contributed by atoms with van der Waals surface area (Å²) in [6, 6.07) is 3.57. The third kappa shape index (κ3) is 3.02. The number of hydrogen-bond donors (Lipinski definition) is 0. The van der Waals surface area contributed by atoms with Crippen LogP contribution >= 0.6 is 0 Å². The molecule has 1 aromatic carbocycles. The van der Waals surface area contributed by atoms with Crippen molar-refractivity contribution in [1.29, 1.82) is 0 Å². The molecule has 0 fully saturated rings. The largest absolute Gasteiger partial charge is 0.489 e. The molecule has 0 bridgehead atoms. The molecule has 6 heteroatoms. The first-order valence-electron chi connectivity index (χ1n) is 7.55. The van der Waals surface area contributed by atoms with E-state index in [0.29, 0.717) is 33.7 Å². The molecule has 1 aliphatic rings. The first-order chi connectivity index (χ1) is 11.0. The number of carbonyl (C=O) groups is 1. The van der Waals surface area contributed by atoms with Gasteiger partial charge < -0.3 is 18.9 Å². The molecule has 2 heterocycles. The second kappa shape index (κ2) is 5.95. The van der Waals surface area contributed by atoms with E-state index in [0.717, 1.165) is 0 Å². The lowest BCUT2D eigenvalue weighted by atomic mass is 10.1. The van der Waals surface area contributed by atoms with E-state index >= 15 is 0 Å². The maximum absolute atomic E-state index is 12.3. The Bertz CT molecular complexity index is 754. The zero-order valence-corrected chi connectivity index (χ0v) is 13.6. The Kier molecular flexibility index (Phi) is 3.98. The monoisotopic (exact) mass is 317 g/mol. The number of aromatic nitrogens is 1. The predicted molar refractivity (Wildman–Crippen MR) is 84.2 cm³/mol. The number of hydrogen-bond acceptors (Lipinski definition) is 6. The third-order valence-corrected chi connectivity index (χ3v) is 3.23. The molecule has 6 nitrogen and oxygen atoms in total. The first kappa shape index (κ1) is 15.4. The molecule has 0 saturated heterocycles. The van der Waals surface area contributed by atoms with Gasteiger partial charge in [-0.3, -0.25) is 4.98 Å². The van der Waals surface area contributed by atoms with Crippen molar-refractivity contribution >= 4 is 16.9 Å². The van der Waals surface area contributed by atoms with Gasteiger partial charge in [-0.2, -0.15) is 0 Å². The van der Waals surface area contributed by atoms with E-state index in [9.17, 15) is 4.79 Å². The SMILES string of the molecule is CC(C)OC(=O)c1cnc2cc3c(cc2c1OC(C)C)OCO3. The molecule has 0 radical (unpaired) electrons. The summed E-state index contributed by atoms with van der Waals surface area (Å²) in [5, 5.41) is 0.696. The lowest BCUT2D eigenvalue weighted by Gasteiger charge is -2.17. The average molecular weight is 317 g/mol. The van der Waals surface area contributed by atoms with Crippen LogP contribution in [-0.2, 0) is 4.74 Å². The summed E-state index contributed by atoms with van der Waals surface area (Å²) in [7, 11) is 0. The Labute approximate surface area is 134 Å². The van der Waals surface area contributed by atoms with E-state index < -0.39 is 5.97 Å². The van der Waals surface area contributed by atoms with Crippen molar-refractivity contribution in [1.82, 2.24) is 4.98 Å². The molecule has 1 aromatic heterocycles. The number of benzene rings is 1. The second-order valence-corrected chi connectivity index (χ2v) is 5.84. The highest BCUT2D eigenvalue weighted by molar-refractivity contribution is 6.00. The molecule has 0 atom stereocenters. The molecule has 3 rings (SSSR count). The van der Waals surface area contributed by atoms with Crippen molar-refractivity contribution in [2.24, 2.45) is 0 Å². The van der Waals surface area contributed by atoms with Crippen LogP contribution in [0.25, 0.3) is 10.9 Å². The summed E-state index contributed by atoms with van der Waals surface area (Å²) in [5.41, 5.74) is 0.977. The second-order valence-electron chi connectivity index (χ2n) is 5.84. The van der Waals surface area contributed by atoms with E-state index in [4.69, 9.17) is 18.9 Å². The Hall–Kier alpha value is -2.50. The van der Waals surface area contributed by atoms with Gasteiger partial charge in [0.25, 0.3) is 0 Å². The van der Waals surface area contributed by atoms with Crippen LogP contribution in [0.4, 0.5) is 0 Å². The number of fused-ring (bicyclic) bond motifs is 2. The summed E-state index contributed by atoms with van der Waals surface area (Å²) in [6.07, 6.45) is 1.16. The van der Waals surface area contributed by atoms with Crippen LogP contribution in [0.5, 0.6) is 17.2 Å². The van der Waals surface area contributed by atoms with Crippen molar-refractivity contribution in [3.05, 3.63) is 23.9 Å². The van der Waals surface area contributed by atoms with Gasteiger partial charge in [-0.15, -0.1) is 0 Å². The van der Waals surface area contributed by atoms with Gasteiger partial charge >= 0.3 is 5.97 Å². The number of nitrogens with zero attached hydrogens (tertiary/aromatic N) is 1. The normalized spacial score (nSPS) is 13.0. The predicted octanol–water partition coefficient (Wildman–Crippen LogP) is 3.32. The van der Waals surface area contributed by atoms with Crippen LogP contribution in [0.1, 0.15) is 38.1 Å². The number of ether oxygens (including phenoxy) is 4. The highest BCUT2D eigenvalue weighted by Gasteiger charge is 2.23. The lowest BCUT2D eigenvalue weighted by Crippen LogP contribution is -2.15. The fourth-order valence-corrected chi connectivity index (χ4v) is 2.34. The number of rotatable bonds is 4. The van der Waals surface area contributed by atoms with Crippen molar-refractivity contribution < 1.29 is 23.7 Å². The van der Waals surface area contributed by atoms with Crippen molar-refractivity contribution in [3.63, 3.8) is 0 Å². The molecule has 0 saturated carbocycles. The van der Waals surface area contributed by atoms with Gasteiger partial charge in [0.2, 0.25) is 6.79 Å². The fraction of sp³-hybridized carbons (Fsp3) is 0.412. The van der Waals surface area contributed by atoms with Gasteiger partial charge in [0.1, 0.15) is 11.3 Å². The number of esters is 1. The van der Waals surface area contributed by atoms with Crippen molar-refractivity contribution in [2.45, 2.75) is 39.9 Å². The van der Waals surface area contributed by atoms with Crippen LogP contribution in [0, 0.1) is 0 Å². The average Bonchev–Trinajstić information content (AvgIpc) is 2.91. The molecule has 122 valence electrons. The van der Waals surface area contributed by atoms with Crippen LogP contribution in [-0.4, -0.2) is 30.0 Å². The maximum atomic E-state index is 12.3.